The van der Waals surface area contributed by atoms with E-state index in [0.717, 1.165) is 6.42 Å². The third-order valence-corrected chi connectivity index (χ3v) is 3.60. The Morgan fingerprint density at radius 3 is 2.70 bits per heavy atom. The zero-order valence-electron chi connectivity index (χ0n) is 11.6. The molecule has 1 aliphatic rings. The number of allylic oxidation sites excluding steroid dienone is 1. The molecule has 3 atom stereocenters. The molecule has 2 rings (SSSR count). The van der Waals surface area contributed by atoms with Gasteiger partial charge >= 0.3 is 0 Å². The molecule has 0 saturated carbocycles. The van der Waals surface area contributed by atoms with Crippen molar-refractivity contribution in [2.24, 2.45) is 11.8 Å². The molecule has 1 heterocycles. The zero-order chi connectivity index (χ0) is 14.7. The first-order chi connectivity index (χ1) is 9.49. The Balaban J connectivity index is 2.12. The molecule has 1 saturated heterocycles. The van der Waals surface area contributed by atoms with E-state index in [-0.39, 0.29) is 29.5 Å². The van der Waals surface area contributed by atoms with Crippen LogP contribution in [0.5, 0.6) is 0 Å². The third-order valence-electron chi connectivity index (χ3n) is 3.60. The van der Waals surface area contributed by atoms with Crippen molar-refractivity contribution in [3.8, 4) is 0 Å². The van der Waals surface area contributed by atoms with Crippen LogP contribution in [0.25, 0.3) is 6.08 Å². The molecule has 3 nitrogen and oxygen atoms in total. The van der Waals surface area contributed by atoms with E-state index in [1.54, 1.807) is 18.2 Å². The van der Waals surface area contributed by atoms with Crippen molar-refractivity contribution in [2.75, 3.05) is 0 Å². The summed E-state index contributed by atoms with van der Waals surface area (Å²) in [6.45, 7) is 3.82. The Hall–Kier alpha value is -1.97. The molecule has 1 N–H and O–H groups in total. The Morgan fingerprint density at radius 2 is 2.05 bits per heavy atom. The number of halogens is 1. The number of hydrogen-bond acceptors (Lipinski definition) is 2. The Kier molecular flexibility index (Phi) is 4.32. The summed E-state index contributed by atoms with van der Waals surface area (Å²) >= 11 is 0. The summed E-state index contributed by atoms with van der Waals surface area (Å²) in [6.07, 6.45) is 3.50. The summed E-state index contributed by atoms with van der Waals surface area (Å²) < 4.78 is 13.4. The fourth-order valence-corrected chi connectivity index (χ4v) is 2.64. The lowest BCUT2D eigenvalue weighted by Crippen LogP contribution is -2.49. The van der Waals surface area contributed by atoms with Gasteiger partial charge in [-0.05, 0) is 37.5 Å². The topological polar surface area (TPSA) is 46.2 Å². The van der Waals surface area contributed by atoms with E-state index in [4.69, 9.17) is 0 Å². The van der Waals surface area contributed by atoms with Gasteiger partial charge in [-0.25, -0.2) is 4.39 Å². The van der Waals surface area contributed by atoms with Gasteiger partial charge in [-0.3, -0.25) is 9.59 Å². The first-order valence-electron chi connectivity index (χ1n) is 6.76. The van der Waals surface area contributed by atoms with E-state index >= 15 is 0 Å². The molecular weight excluding hydrogens is 257 g/mol. The Morgan fingerprint density at radius 1 is 1.35 bits per heavy atom. The van der Waals surface area contributed by atoms with Crippen LogP contribution in [-0.4, -0.2) is 17.7 Å². The van der Waals surface area contributed by atoms with E-state index in [9.17, 15) is 14.0 Å². The van der Waals surface area contributed by atoms with E-state index in [2.05, 4.69) is 5.32 Å². The van der Waals surface area contributed by atoms with Gasteiger partial charge in [0.1, 0.15) is 11.7 Å². The molecule has 106 valence electrons. The van der Waals surface area contributed by atoms with Crippen molar-refractivity contribution in [1.29, 1.82) is 0 Å². The number of hydrogen-bond donors (Lipinski definition) is 1. The first kappa shape index (κ1) is 14.4. The number of amides is 1. The molecule has 1 amide bonds. The molecule has 0 bridgehead atoms. The van der Waals surface area contributed by atoms with Crippen molar-refractivity contribution in [3.63, 3.8) is 0 Å². The van der Waals surface area contributed by atoms with Gasteiger partial charge in [0.2, 0.25) is 5.91 Å². The highest BCUT2D eigenvalue weighted by atomic mass is 19.1. The summed E-state index contributed by atoms with van der Waals surface area (Å²) in [5.41, 5.74) is 0.345. The molecule has 1 aliphatic heterocycles. The minimum absolute atomic E-state index is 0.00322. The van der Waals surface area contributed by atoms with Crippen LogP contribution < -0.4 is 5.32 Å². The maximum absolute atomic E-state index is 13.4. The number of ketones is 1. The van der Waals surface area contributed by atoms with Gasteiger partial charge in [0.25, 0.3) is 0 Å². The SMILES string of the molecule is CC1CC(C)C(C(=O)/C=C/c2ccccc2F)C(=O)N1. The van der Waals surface area contributed by atoms with Gasteiger partial charge in [0.05, 0.1) is 0 Å². The second-order valence-corrected chi connectivity index (χ2v) is 5.36. The molecule has 3 unspecified atom stereocenters. The molecule has 1 fully saturated rings. The van der Waals surface area contributed by atoms with Crippen LogP contribution >= 0.6 is 0 Å². The number of rotatable bonds is 3. The number of benzene rings is 1. The summed E-state index contributed by atoms with van der Waals surface area (Å²) in [4.78, 5) is 24.0. The maximum atomic E-state index is 13.4. The second kappa shape index (κ2) is 5.99. The van der Waals surface area contributed by atoms with Crippen LogP contribution in [0.4, 0.5) is 4.39 Å². The average Bonchev–Trinajstić information content (AvgIpc) is 2.36. The summed E-state index contributed by atoms with van der Waals surface area (Å²) in [6, 6.07) is 6.31. The molecule has 0 aromatic heterocycles. The average molecular weight is 275 g/mol. The van der Waals surface area contributed by atoms with Gasteiger partial charge in [-0.1, -0.05) is 25.1 Å². The number of piperidine rings is 1. The predicted octanol–water partition coefficient (Wildman–Crippen LogP) is 2.57. The highest BCUT2D eigenvalue weighted by Gasteiger charge is 2.36. The standard InChI is InChI=1S/C16H18FNO2/c1-10-9-11(2)18-16(20)15(10)14(19)8-7-12-5-3-4-6-13(12)17/h3-8,10-11,15H,9H2,1-2H3,(H,18,20)/b8-7+. The summed E-state index contributed by atoms with van der Waals surface area (Å²) in [5, 5.41) is 2.78. The van der Waals surface area contributed by atoms with Crippen molar-refractivity contribution in [2.45, 2.75) is 26.3 Å². The lowest BCUT2D eigenvalue weighted by Gasteiger charge is -2.31. The van der Waals surface area contributed by atoms with Crippen LogP contribution in [-0.2, 0) is 9.59 Å². The molecule has 0 aliphatic carbocycles. The molecule has 1 aromatic carbocycles. The fraction of sp³-hybridized carbons (Fsp3) is 0.375. The monoisotopic (exact) mass is 275 g/mol. The highest BCUT2D eigenvalue weighted by Crippen LogP contribution is 2.24. The van der Waals surface area contributed by atoms with E-state index in [0.29, 0.717) is 5.56 Å². The zero-order valence-corrected chi connectivity index (χ0v) is 11.6. The van der Waals surface area contributed by atoms with Crippen molar-refractivity contribution in [1.82, 2.24) is 5.32 Å². The van der Waals surface area contributed by atoms with Crippen molar-refractivity contribution in [3.05, 3.63) is 41.7 Å². The molecule has 4 heteroatoms. The third kappa shape index (κ3) is 3.13. The van der Waals surface area contributed by atoms with Gasteiger partial charge in [0.15, 0.2) is 5.78 Å². The molecule has 1 aromatic rings. The number of carbonyl (C=O) groups is 2. The molecule has 0 radical (unpaired) electrons. The van der Waals surface area contributed by atoms with Crippen LogP contribution in [0.3, 0.4) is 0 Å². The van der Waals surface area contributed by atoms with Gasteiger partial charge in [0, 0.05) is 11.6 Å². The van der Waals surface area contributed by atoms with Crippen LogP contribution in [0.15, 0.2) is 30.3 Å². The Labute approximate surface area is 117 Å². The molecular formula is C16H18FNO2. The normalized spacial score (nSPS) is 26.6. The minimum atomic E-state index is -0.672. The smallest absolute Gasteiger partial charge is 0.231 e. The van der Waals surface area contributed by atoms with Crippen LogP contribution in [0, 0.1) is 17.7 Å². The van der Waals surface area contributed by atoms with Crippen LogP contribution in [0.1, 0.15) is 25.8 Å². The summed E-state index contributed by atoms with van der Waals surface area (Å²) in [7, 11) is 0. The van der Waals surface area contributed by atoms with Crippen molar-refractivity contribution < 1.29 is 14.0 Å². The quantitative estimate of drug-likeness (QED) is 0.680. The molecule has 0 spiro atoms. The van der Waals surface area contributed by atoms with Crippen LogP contribution in [0.2, 0.25) is 0 Å². The summed E-state index contributed by atoms with van der Waals surface area (Å²) in [5.74, 6) is -1.57. The highest BCUT2D eigenvalue weighted by molar-refractivity contribution is 6.08. The van der Waals surface area contributed by atoms with E-state index in [1.165, 1.54) is 18.2 Å². The second-order valence-electron chi connectivity index (χ2n) is 5.36. The maximum Gasteiger partial charge on any atom is 0.231 e. The fourth-order valence-electron chi connectivity index (χ4n) is 2.64. The molecule has 20 heavy (non-hydrogen) atoms. The number of nitrogens with one attached hydrogen (secondary N) is 1. The van der Waals surface area contributed by atoms with E-state index < -0.39 is 5.92 Å². The minimum Gasteiger partial charge on any atom is -0.353 e. The van der Waals surface area contributed by atoms with E-state index in [1.807, 2.05) is 13.8 Å². The lowest BCUT2D eigenvalue weighted by molar-refractivity contribution is -0.136. The number of carbonyl (C=O) groups excluding carboxylic acids is 2. The first-order valence-corrected chi connectivity index (χ1v) is 6.76. The van der Waals surface area contributed by atoms with Gasteiger partial charge < -0.3 is 5.32 Å². The Bertz CT molecular complexity index is 553. The van der Waals surface area contributed by atoms with Crippen molar-refractivity contribution >= 4 is 17.8 Å². The van der Waals surface area contributed by atoms with Gasteiger partial charge in [-0.15, -0.1) is 0 Å². The largest absolute Gasteiger partial charge is 0.353 e. The van der Waals surface area contributed by atoms with Gasteiger partial charge in [-0.2, -0.15) is 0 Å². The predicted molar refractivity (Wildman–Crippen MR) is 75.3 cm³/mol. The lowest BCUT2D eigenvalue weighted by atomic mass is 9.81.